The van der Waals surface area contributed by atoms with Gasteiger partial charge >= 0.3 is 0 Å². The second kappa shape index (κ2) is 4.11. The van der Waals surface area contributed by atoms with Crippen molar-refractivity contribution in [3.63, 3.8) is 0 Å². The van der Waals surface area contributed by atoms with Crippen molar-refractivity contribution in [3.8, 4) is 11.5 Å². The van der Waals surface area contributed by atoms with Crippen LogP contribution in [-0.2, 0) is 0 Å². The zero-order valence-corrected chi connectivity index (χ0v) is 7.77. The van der Waals surface area contributed by atoms with Crippen LogP contribution in [0.3, 0.4) is 0 Å². The van der Waals surface area contributed by atoms with E-state index < -0.39 is 11.9 Å². The molecule has 1 aromatic rings. The molecule has 1 atom stereocenters. The minimum Gasteiger partial charge on any atom is -0.508 e. The van der Waals surface area contributed by atoms with E-state index in [4.69, 9.17) is 10.2 Å². The van der Waals surface area contributed by atoms with Crippen LogP contribution in [0.4, 0.5) is 0 Å². The summed E-state index contributed by atoms with van der Waals surface area (Å²) in [5.74, 6) is -0.668. The van der Waals surface area contributed by atoms with Gasteiger partial charge in [0.2, 0.25) is 0 Å². The summed E-state index contributed by atoms with van der Waals surface area (Å²) in [6.07, 6.45) is -0.832. The maximum Gasteiger partial charge on any atom is 0.169 e. The third-order valence-corrected chi connectivity index (χ3v) is 1.76. The summed E-state index contributed by atoms with van der Waals surface area (Å²) in [6, 6.07) is 3.71. The number of hydrogen-bond donors (Lipinski definition) is 3. The number of aliphatic hydroxyl groups is 1. The van der Waals surface area contributed by atoms with E-state index in [1.54, 1.807) is 0 Å². The summed E-state index contributed by atoms with van der Waals surface area (Å²) >= 11 is 0. The topological polar surface area (TPSA) is 77.8 Å². The molecule has 0 bridgehead atoms. The number of ketones is 1. The molecule has 0 fully saturated rings. The van der Waals surface area contributed by atoms with E-state index in [1.807, 2.05) is 0 Å². The van der Waals surface area contributed by atoms with Gasteiger partial charge in [-0.2, -0.15) is 0 Å². The van der Waals surface area contributed by atoms with Crippen molar-refractivity contribution in [2.45, 2.75) is 19.4 Å². The highest BCUT2D eigenvalue weighted by Gasteiger charge is 2.13. The predicted molar refractivity (Wildman–Crippen MR) is 50.4 cm³/mol. The molecular weight excluding hydrogens is 184 g/mol. The van der Waals surface area contributed by atoms with Gasteiger partial charge in [-0.25, -0.2) is 0 Å². The van der Waals surface area contributed by atoms with Gasteiger partial charge in [-0.05, 0) is 25.1 Å². The van der Waals surface area contributed by atoms with Crippen molar-refractivity contribution in [3.05, 3.63) is 23.8 Å². The fourth-order valence-corrected chi connectivity index (χ4v) is 1.13. The molecule has 1 aromatic carbocycles. The SMILES string of the molecule is CC(O)CC(=O)c1cc(O)ccc1O. The van der Waals surface area contributed by atoms with E-state index in [0.29, 0.717) is 0 Å². The lowest BCUT2D eigenvalue weighted by Crippen LogP contribution is -2.09. The number of hydrogen-bond acceptors (Lipinski definition) is 4. The van der Waals surface area contributed by atoms with E-state index >= 15 is 0 Å². The molecule has 0 aromatic heterocycles. The number of phenols is 2. The first-order chi connectivity index (χ1) is 6.50. The fraction of sp³-hybridized carbons (Fsp3) is 0.300. The minimum absolute atomic E-state index is 0.0332. The molecule has 0 saturated carbocycles. The van der Waals surface area contributed by atoms with Crippen LogP contribution in [0, 0.1) is 0 Å². The third-order valence-electron chi connectivity index (χ3n) is 1.76. The summed E-state index contributed by atoms with van der Waals surface area (Å²) in [6.45, 7) is 1.48. The first-order valence-electron chi connectivity index (χ1n) is 4.24. The number of aromatic hydroxyl groups is 2. The molecule has 76 valence electrons. The Morgan fingerprint density at radius 1 is 1.43 bits per heavy atom. The average molecular weight is 196 g/mol. The average Bonchev–Trinajstić information content (AvgIpc) is 2.08. The van der Waals surface area contributed by atoms with Crippen molar-refractivity contribution in [2.24, 2.45) is 0 Å². The number of carbonyl (C=O) groups excluding carboxylic acids is 1. The Hall–Kier alpha value is -1.55. The number of aliphatic hydroxyl groups excluding tert-OH is 1. The van der Waals surface area contributed by atoms with Crippen molar-refractivity contribution in [2.75, 3.05) is 0 Å². The Morgan fingerprint density at radius 2 is 2.07 bits per heavy atom. The zero-order valence-electron chi connectivity index (χ0n) is 7.77. The monoisotopic (exact) mass is 196 g/mol. The van der Waals surface area contributed by atoms with Crippen molar-refractivity contribution >= 4 is 5.78 Å². The van der Waals surface area contributed by atoms with Gasteiger partial charge in [0, 0.05) is 6.42 Å². The molecule has 3 N–H and O–H groups in total. The minimum atomic E-state index is -0.760. The van der Waals surface area contributed by atoms with Crippen LogP contribution in [0.2, 0.25) is 0 Å². The van der Waals surface area contributed by atoms with Gasteiger partial charge in [0.25, 0.3) is 0 Å². The number of Topliss-reactive ketones (excluding diaryl/α,β-unsaturated/α-hetero) is 1. The fourth-order valence-electron chi connectivity index (χ4n) is 1.13. The molecule has 14 heavy (non-hydrogen) atoms. The third kappa shape index (κ3) is 2.47. The first kappa shape index (κ1) is 10.5. The van der Waals surface area contributed by atoms with Crippen molar-refractivity contribution in [1.29, 1.82) is 0 Å². The lowest BCUT2D eigenvalue weighted by atomic mass is 10.0. The van der Waals surface area contributed by atoms with Crippen LogP contribution < -0.4 is 0 Å². The Bertz CT molecular complexity index is 344. The van der Waals surface area contributed by atoms with Crippen LogP contribution in [0.1, 0.15) is 23.7 Å². The molecule has 1 unspecified atom stereocenters. The predicted octanol–water partition coefficient (Wildman–Crippen LogP) is 1.05. The second-order valence-electron chi connectivity index (χ2n) is 3.18. The van der Waals surface area contributed by atoms with Gasteiger partial charge in [0.15, 0.2) is 5.78 Å². The van der Waals surface area contributed by atoms with Crippen LogP contribution in [0.25, 0.3) is 0 Å². The molecule has 4 heteroatoms. The van der Waals surface area contributed by atoms with E-state index in [-0.39, 0.29) is 23.5 Å². The molecule has 0 aliphatic carbocycles. The molecule has 0 radical (unpaired) electrons. The maximum absolute atomic E-state index is 11.4. The molecule has 0 aliphatic rings. The number of benzene rings is 1. The highest BCUT2D eigenvalue weighted by atomic mass is 16.3. The van der Waals surface area contributed by atoms with Crippen LogP contribution in [0.15, 0.2) is 18.2 Å². The van der Waals surface area contributed by atoms with Gasteiger partial charge in [-0.15, -0.1) is 0 Å². The maximum atomic E-state index is 11.4. The molecule has 0 saturated heterocycles. The van der Waals surface area contributed by atoms with Gasteiger partial charge in [0.1, 0.15) is 11.5 Å². The molecule has 1 rings (SSSR count). The largest absolute Gasteiger partial charge is 0.508 e. The standard InChI is InChI=1S/C10H12O4/c1-6(11)4-10(14)8-5-7(12)2-3-9(8)13/h2-3,5-6,11-13H,4H2,1H3. The van der Waals surface area contributed by atoms with Gasteiger partial charge in [0.05, 0.1) is 11.7 Å². The Labute approximate surface area is 81.4 Å². The van der Waals surface area contributed by atoms with E-state index in [2.05, 4.69) is 0 Å². The van der Waals surface area contributed by atoms with Crippen LogP contribution in [0.5, 0.6) is 11.5 Å². The Balaban J connectivity index is 2.94. The molecular formula is C10H12O4. The summed E-state index contributed by atoms with van der Waals surface area (Å²) in [5, 5.41) is 27.4. The highest BCUT2D eigenvalue weighted by Crippen LogP contribution is 2.23. The van der Waals surface area contributed by atoms with Crippen LogP contribution in [-0.4, -0.2) is 27.2 Å². The van der Waals surface area contributed by atoms with Gasteiger partial charge in [-0.3, -0.25) is 4.79 Å². The quantitative estimate of drug-likeness (QED) is 0.498. The molecule has 0 amide bonds. The summed E-state index contributed by atoms with van der Waals surface area (Å²) in [5.41, 5.74) is 0.0332. The molecule has 0 spiro atoms. The van der Waals surface area contributed by atoms with Gasteiger partial charge in [-0.1, -0.05) is 0 Å². The van der Waals surface area contributed by atoms with Crippen molar-refractivity contribution in [1.82, 2.24) is 0 Å². The van der Waals surface area contributed by atoms with Crippen molar-refractivity contribution < 1.29 is 20.1 Å². The van der Waals surface area contributed by atoms with Crippen LogP contribution >= 0.6 is 0 Å². The van der Waals surface area contributed by atoms with E-state index in [9.17, 15) is 9.90 Å². The van der Waals surface area contributed by atoms with E-state index in [1.165, 1.54) is 25.1 Å². The van der Waals surface area contributed by atoms with E-state index in [0.717, 1.165) is 0 Å². The summed E-state index contributed by atoms with van der Waals surface area (Å²) in [7, 11) is 0. The lowest BCUT2D eigenvalue weighted by molar-refractivity contribution is 0.0898. The summed E-state index contributed by atoms with van der Waals surface area (Å²) in [4.78, 5) is 11.4. The zero-order chi connectivity index (χ0) is 10.7. The number of phenolic OH excluding ortho intramolecular Hbond substituents is 2. The first-order valence-corrected chi connectivity index (χ1v) is 4.24. The smallest absolute Gasteiger partial charge is 0.169 e. The van der Waals surface area contributed by atoms with Gasteiger partial charge < -0.3 is 15.3 Å². The normalized spacial score (nSPS) is 12.4. The highest BCUT2D eigenvalue weighted by molar-refractivity contribution is 5.99. The second-order valence-corrected chi connectivity index (χ2v) is 3.18. The molecule has 4 nitrogen and oxygen atoms in total. The molecule has 0 aliphatic heterocycles. The number of carbonyl (C=O) groups is 1. The number of rotatable bonds is 3. The summed E-state index contributed by atoms with van der Waals surface area (Å²) < 4.78 is 0. The Kier molecular flexibility index (Phi) is 3.09. The lowest BCUT2D eigenvalue weighted by Gasteiger charge is -2.05. The molecule has 0 heterocycles. The Morgan fingerprint density at radius 3 is 2.64 bits per heavy atom.